The van der Waals surface area contributed by atoms with Crippen LogP contribution in [0.2, 0.25) is 0 Å². The van der Waals surface area contributed by atoms with Crippen molar-refractivity contribution < 1.29 is 19.2 Å². The first-order chi connectivity index (χ1) is 12.9. The Bertz CT molecular complexity index is 913. The summed E-state index contributed by atoms with van der Waals surface area (Å²) in [5, 5.41) is 16.0. The van der Waals surface area contributed by atoms with Crippen LogP contribution in [0.15, 0.2) is 18.2 Å². The molecule has 3 rings (SSSR count). The number of likely N-dealkylation sites (N-methyl/N-ethyl adjacent to an activating group) is 1. The Hall–Kier alpha value is -3.05. The summed E-state index contributed by atoms with van der Waals surface area (Å²) in [4.78, 5) is 42.2. The first-order valence-corrected chi connectivity index (χ1v) is 8.81. The average molecular weight is 391 g/mol. The highest BCUT2D eigenvalue weighted by Crippen LogP contribution is 2.30. The zero-order valence-electron chi connectivity index (χ0n) is 14.6. The summed E-state index contributed by atoms with van der Waals surface area (Å²) in [5.41, 5.74) is 0.726. The Morgan fingerprint density at radius 3 is 2.78 bits per heavy atom. The number of non-ortho nitro benzene ring substituents is 1. The number of carbonyl (C=O) groups is 2. The molecule has 0 bridgehead atoms. The number of methoxy groups -OCH3 is 1. The molecule has 142 valence electrons. The van der Waals surface area contributed by atoms with E-state index < -0.39 is 16.7 Å². The van der Waals surface area contributed by atoms with Crippen molar-refractivity contribution in [3.63, 3.8) is 0 Å². The van der Waals surface area contributed by atoms with Crippen LogP contribution in [0.5, 0.6) is 5.75 Å². The van der Waals surface area contributed by atoms with Crippen LogP contribution < -0.4 is 15.4 Å². The summed E-state index contributed by atoms with van der Waals surface area (Å²) in [7, 11) is 3.36. The molecule has 27 heavy (non-hydrogen) atoms. The lowest BCUT2D eigenvalue weighted by atomic mass is 10.2. The van der Waals surface area contributed by atoms with E-state index in [1.54, 1.807) is 0 Å². The van der Waals surface area contributed by atoms with Gasteiger partial charge in [-0.15, -0.1) is 11.3 Å². The van der Waals surface area contributed by atoms with Gasteiger partial charge in [0, 0.05) is 36.5 Å². The molecule has 0 atom stereocenters. The molecule has 2 aromatic rings. The van der Waals surface area contributed by atoms with E-state index in [0.29, 0.717) is 5.13 Å². The number of nitrogens with zero attached hydrogens (tertiary/aromatic N) is 3. The number of hydrogen-bond donors (Lipinski definition) is 2. The SMILES string of the molecule is COc1ccc([N+](=O)[O-])cc1NC(=O)C(=O)Nc1nc2c(s1)CN(C)CC2. The van der Waals surface area contributed by atoms with Gasteiger partial charge in [-0.1, -0.05) is 0 Å². The Balaban J connectivity index is 1.70. The van der Waals surface area contributed by atoms with Gasteiger partial charge in [0.15, 0.2) is 5.13 Å². The number of nitrogens with one attached hydrogen (secondary N) is 2. The lowest BCUT2D eigenvalue weighted by molar-refractivity contribution is -0.384. The van der Waals surface area contributed by atoms with Gasteiger partial charge in [0.25, 0.3) is 5.69 Å². The molecule has 2 N–H and O–H groups in total. The minimum Gasteiger partial charge on any atom is -0.495 e. The Labute approximate surface area is 158 Å². The van der Waals surface area contributed by atoms with Crippen molar-refractivity contribution in [2.45, 2.75) is 13.0 Å². The zero-order valence-corrected chi connectivity index (χ0v) is 15.5. The lowest BCUT2D eigenvalue weighted by Crippen LogP contribution is -2.29. The van der Waals surface area contributed by atoms with Gasteiger partial charge in [0.2, 0.25) is 0 Å². The molecule has 11 heteroatoms. The fourth-order valence-electron chi connectivity index (χ4n) is 2.62. The molecule has 0 fully saturated rings. The van der Waals surface area contributed by atoms with Crippen LogP contribution in [0.1, 0.15) is 10.6 Å². The van der Waals surface area contributed by atoms with Crippen LogP contribution in [-0.2, 0) is 22.6 Å². The van der Waals surface area contributed by atoms with Gasteiger partial charge < -0.3 is 15.0 Å². The zero-order chi connectivity index (χ0) is 19.6. The van der Waals surface area contributed by atoms with Gasteiger partial charge in [0.05, 0.1) is 23.4 Å². The predicted molar refractivity (Wildman–Crippen MR) is 99.1 cm³/mol. The highest BCUT2D eigenvalue weighted by atomic mass is 32.1. The highest BCUT2D eigenvalue weighted by Gasteiger charge is 2.22. The molecular formula is C16H17N5O5S. The number of thiazole rings is 1. The van der Waals surface area contributed by atoms with Gasteiger partial charge >= 0.3 is 11.8 Å². The van der Waals surface area contributed by atoms with E-state index in [9.17, 15) is 19.7 Å². The first-order valence-electron chi connectivity index (χ1n) is 7.99. The number of amides is 2. The fraction of sp³-hybridized carbons (Fsp3) is 0.312. The van der Waals surface area contributed by atoms with E-state index in [-0.39, 0.29) is 17.1 Å². The molecule has 2 heterocycles. The number of hydrogen-bond acceptors (Lipinski definition) is 8. The summed E-state index contributed by atoms with van der Waals surface area (Å²) in [5.74, 6) is -1.68. The van der Waals surface area contributed by atoms with Crippen molar-refractivity contribution in [3.8, 4) is 5.75 Å². The highest BCUT2D eigenvalue weighted by molar-refractivity contribution is 7.16. The van der Waals surface area contributed by atoms with Crippen molar-refractivity contribution in [3.05, 3.63) is 38.9 Å². The normalized spacial score (nSPS) is 13.6. The molecule has 0 spiro atoms. The molecule has 10 nitrogen and oxygen atoms in total. The molecule has 1 aliphatic heterocycles. The van der Waals surface area contributed by atoms with Gasteiger partial charge in [-0.2, -0.15) is 0 Å². The molecule has 0 unspecified atom stereocenters. The largest absolute Gasteiger partial charge is 0.495 e. The number of aromatic nitrogens is 1. The van der Waals surface area contributed by atoms with E-state index in [4.69, 9.17) is 4.74 Å². The summed E-state index contributed by atoms with van der Waals surface area (Å²) >= 11 is 1.33. The van der Waals surface area contributed by atoms with Crippen molar-refractivity contribution in [2.75, 3.05) is 31.3 Å². The smallest absolute Gasteiger partial charge is 0.315 e. The Kier molecular flexibility index (Phi) is 5.33. The molecule has 2 amide bonds. The molecule has 1 aromatic heterocycles. The monoisotopic (exact) mass is 391 g/mol. The van der Waals surface area contributed by atoms with Gasteiger partial charge in [-0.25, -0.2) is 4.98 Å². The van der Waals surface area contributed by atoms with Crippen LogP contribution in [0.4, 0.5) is 16.5 Å². The Morgan fingerprint density at radius 1 is 1.33 bits per heavy atom. The standard InChI is InChI=1S/C16H17N5O5S/c1-20-6-5-10-13(8-20)27-16(18-10)19-15(23)14(22)17-11-7-9(21(24)25)3-4-12(11)26-2/h3-4,7H,5-6,8H2,1-2H3,(H,17,22)(H,18,19,23). The first kappa shape index (κ1) is 18.7. The number of fused-ring (bicyclic) bond motifs is 1. The third-order valence-corrected chi connectivity index (χ3v) is 4.99. The number of nitro groups is 1. The third kappa shape index (κ3) is 4.20. The molecule has 1 aromatic carbocycles. The molecular weight excluding hydrogens is 374 g/mol. The van der Waals surface area contributed by atoms with E-state index in [2.05, 4.69) is 20.5 Å². The summed E-state index contributed by atoms with van der Waals surface area (Å²) in [6.45, 7) is 1.64. The maximum absolute atomic E-state index is 12.2. The van der Waals surface area contributed by atoms with Crippen LogP contribution >= 0.6 is 11.3 Å². The minimum atomic E-state index is -0.973. The van der Waals surface area contributed by atoms with Gasteiger partial charge in [0.1, 0.15) is 5.75 Å². The van der Waals surface area contributed by atoms with Crippen LogP contribution in [-0.4, -0.2) is 47.3 Å². The van der Waals surface area contributed by atoms with E-state index in [0.717, 1.165) is 36.1 Å². The molecule has 0 radical (unpaired) electrons. The maximum atomic E-state index is 12.2. The summed E-state index contributed by atoms with van der Waals surface area (Å²) in [6, 6.07) is 3.71. The van der Waals surface area contributed by atoms with Crippen molar-refractivity contribution in [2.24, 2.45) is 0 Å². The second-order valence-corrected chi connectivity index (χ2v) is 7.01. The number of nitro benzene ring substituents is 1. The second-order valence-electron chi connectivity index (χ2n) is 5.93. The van der Waals surface area contributed by atoms with Crippen molar-refractivity contribution in [1.82, 2.24) is 9.88 Å². The number of rotatable bonds is 4. The fourth-order valence-corrected chi connectivity index (χ4v) is 3.70. The third-order valence-electron chi connectivity index (χ3n) is 3.99. The van der Waals surface area contributed by atoms with Gasteiger partial charge in [-0.3, -0.25) is 25.0 Å². The molecule has 0 saturated heterocycles. The number of carbonyl (C=O) groups excluding carboxylic acids is 2. The van der Waals surface area contributed by atoms with Crippen LogP contribution in [0.25, 0.3) is 0 Å². The predicted octanol–water partition coefficient (Wildman–Crippen LogP) is 1.62. The number of ether oxygens (including phenoxy) is 1. The van der Waals surface area contributed by atoms with Crippen LogP contribution in [0, 0.1) is 10.1 Å². The lowest BCUT2D eigenvalue weighted by Gasteiger charge is -2.20. The average Bonchev–Trinajstić information content (AvgIpc) is 3.02. The van der Waals surface area contributed by atoms with Crippen molar-refractivity contribution >= 4 is 39.7 Å². The topological polar surface area (TPSA) is 127 Å². The second kappa shape index (κ2) is 7.68. The number of benzene rings is 1. The van der Waals surface area contributed by atoms with Crippen molar-refractivity contribution in [1.29, 1.82) is 0 Å². The molecule has 1 aliphatic rings. The van der Waals surface area contributed by atoms with E-state index in [1.165, 1.54) is 30.6 Å². The molecule has 0 aliphatic carbocycles. The van der Waals surface area contributed by atoms with Gasteiger partial charge in [-0.05, 0) is 13.1 Å². The minimum absolute atomic E-state index is 0.0342. The summed E-state index contributed by atoms with van der Waals surface area (Å²) < 4.78 is 5.06. The number of anilines is 2. The quantitative estimate of drug-likeness (QED) is 0.461. The van der Waals surface area contributed by atoms with E-state index in [1.807, 2.05) is 7.05 Å². The summed E-state index contributed by atoms with van der Waals surface area (Å²) in [6.07, 6.45) is 0.787. The Morgan fingerprint density at radius 2 is 2.07 bits per heavy atom. The maximum Gasteiger partial charge on any atom is 0.315 e. The van der Waals surface area contributed by atoms with E-state index >= 15 is 0 Å². The van der Waals surface area contributed by atoms with Crippen LogP contribution in [0.3, 0.4) is 0 Å². The molecule has 0 saturated carbocycles.